The summed E-state index contributed by atoms with van der Waals surface area (Å²) in [5.74, 6) is 0. The number of hydrogen-bond donors (Lipinski definition) is 0. The number of hydrogen-bond acceptors (Lipinski definition) is 1. The van der Waals surface area contributed by atoms with E-state index in [1.54, 1.807) is 12.3 Å². The van der Waals surface area contributed by atoms with Crippen LogP contribution in [0.4, 0.5) is 0 Å². The van der Waals surface area contributed by atoms with Crippen LogP contribution in [0.25, 0.3) is 6.08 Å². The second-order valence-corrected chi connectivity index (χ2v) is 2.37. The monoisotopic (exact) mass is 157 g/mol. The van der Waals surface area contributed by atoms with E-state index in [1.165, 1.54) is 0 Å². The molecule has 12 heavy (non-hydrogen) atoms. The van der Waals surface area contributed by atoms with Crippen LogP contribution in [0.2, 0.25) is 0 Å². The molecule has 1 heteroatoms. The molecule has 0 fully saturated rings. The molecule has 0 N–H and O–H groups in total. The van der Waals surface area contributed by atoms with E-state index in [0.29, 0.717) is 0 Å². The van der Waals surface area contributed by atoms with Gasteiger partial charge in [0.2, 0.25) is 0 Å². The zero-order valence-corrected chi connectivity index (χ0v) is 6.90. The van der Waals surface area contributed by atoms with E-state index in [0.717, 1.165) is 11.3 Å². The topological polar surface area (TPSA) is 12.9 Å². The van der Waals surface area contributed by atoms with Gasteiger partial charge in [-0.3, -0.25) is 4.98 Å². The Balaban J connectivity index is 2.70. The van der Waals surface area contributed by atoms with E-state index >= 15 is 0 Å². The Kier molecular flexibility index (Phi) is 3.03. The molecular weight excluding hydrogens is 146 g/mol. The van der Waals surface area contributed by atoms with E-state index in [-0.39, 0.29) is 0 Å². The predicted molar refractivity (Wildman–Crippen MR) is 52.6 cm³/mol. The Morgan fingerprint density at radius 3 is 2.83 bits per heavy atom. The molecule has 0 unspecified atom stereocenters. The first kappa shape index (κ1) is 8.47. The summed E-state index contributed by atoms with van der Waals surface area (Å²) in [4.78, 5) is 4.12. The van der Waals surface area contributed by atoms with Gasteiger partial charge in [-0.2, -0.15) is 0 Å². The first-order chi connectivity index (χ1) is 5.83. The number of aromatic nitrogens is 1. The number of pyridine rings is 1. The Morgan fingerprint density at radius 1 is 1.42 bits per heavy atom. The summed E-state index contributed by atoms with van der Waals surface area (Å²) in [6, 6.07) is 5.77. The van der Waals surface area contributed by atoms with Crippen molar-refractivity contribution in [2.75, 3.05) is 0 Å². The van der Waals surface area contributed by atoms with Gasteiger partial charge in [-0.1, -0.05) is 31.4 Å². The lowest BCUT2D eigenvalue weighted by molar-refractivity contribution is 1.30. The van der Waals surface area contributed by atoms with Crippen molar-refractivity contribution in [3.63, 3.8) is 0 Å². The van der Waals surface area contributed by atoms with Crippen molar-refractivity contribution in [3.05, 3.63) is 61.0 Å². The van der Waals surface area contributed by atoms with Crippen molar-refractivity contribution in [3.8, 4) is 0 Å². The maximum absolute atomic E-state index is 4.12. The van der Waals surface area contributed by atoms with Gasteiger partial charge in [0.1, 0.15) is 0 Å². The molecule has 0 radical (unpaired) electrons. The van der Waals surface area contributed by atoms with Gasteiger partial charge in [0.15, 0.2) is 0 Å². The molecular formula is C11H11N. The molecule has 0 saturated heterocycles. The standard InChI is InChI=1S/C11H11N/c1-3-10(2)7-8-11-6-4-5-9-12-11/h3-9H,1-2H2/b8-7+. The van der Waals surface area contributed by atoms with Crippen molar-refractivity contribution in [2.45, 2.75) is 0 Å². The predicted octanol–water partition coefficient (Wildman–Crippen LogP) is 2.84. The van der Waals surface area contributed by atoms with Gasteiger partial charge >= 0.3 is 0 Å². The first-order valence-corrected chi connectivity index (χ1v) is 3.73. The normalized spacial score (nSPS) is 10.0. The summed E-state index contributed by atoms with van der Waals surface area (Å²) in [7, 11) is 0. The molecule has 0 atom stereocenters. The Morgan fingerprint density at radius 2 is 2.25 bits per heavy atom. The molecule has 0 aliphatic rings. The molecule has 0 bridgehead atoms. The smallest absolute Gasteiger partial charge is 0.0629 e. The van der Waals surface area contributed by atoms with Crippen LogP contribution in [-0.2, 0) is 0 Å². The second kappa shape index (κ2) is 4.29. The van der Waals surface area contributed by atoms with E-state index in [4.69, 9.17) is 0 Å². The third-order valence-corrected chi connectivity index (χ3v) is 1.42. The lowest BCUT2D eigenvalue weighted by Crippen LogP contribution is -1.76. The lowest BCUT2D eigenvalue weighted by atomic mass is 10.2. The minimum Gasteiger partial charge on any atom is -0.257 e. The molecule has 0 aromatic carbocycles. The van der Waals surface area contributed by atoms with Crippen LogP contribution in [-0.4, -0.2) is 4.98 Å². The van der Waals surface area contributed by atoms with E-state index < -0.39 is 0 Å². The first-order valence-electron chi connectivity index (χ1n) is 3.73. The van der Waals surface area contributed by atoms with E-state index in [9.17, 15) is 0 Å². The molecule has 0 spiro atoms. The van der Waals surface area contributed by atoms with Crippen LogP contribution in [0.15, 0.2) is 55.3 Å². The van der Waals surface area contributed by atoms with Crippen molar-refractivity contribution in [2.24, 2.45) is 0 Å². The average molecular weight is 157 g/mol. The minimum absolute atomic E-state index is 0.889. The van der Waals surface area contributed by atoms with Crippen LogP contribution in [0, 0.1) is 0 Å². The van der Waals surface area contributed by atoms with E-state index in [2.05, 4.69) is 18.1 Å². The molecule has 0 aliphatic carbocycles. The fourth-order valence-corrected chi connectivity index (χ4v) is 0.735. The maximum Gasteiger partial charge on any atom is 0.0629 e. The maximum atomic E-state index is 4.12. The zero-order valence-electron chi connectivity index (χ0n) is 6.90. The van der Waals surface area contributed by atoms with Gasteiger partial charge in [-0.05, 0) is 23.8 Å². The second-order valence-electron chi connectivity index (χ2n) is 2.37. The lowest BCUT2D eigenvalue weighted by Gasteiger charge is -1.90. The fourth-order valence-electron chi connectivity index (χ4n) is 0.735. The fraction of sp³-hybridized carbons (Fsp3) is 0. The van der Waals surface area contributed by atoms with Crippen LogP contribution in [0.3, 0.4) is 0 Å². The molecule has 0 aliphatic heterocycles. The van der Waals surface area contributed by atoms with Crippen LogP contribution >= 0.6 is 0 Å². The highest BCUT2D eigenvalue weighted by atomic mass is 14.6. The van der Waals surface area contributed by atoms with Crippen LogP contribution in [0.5, 0.6) is 0 Å². The van der Waals surface area contributed by atoms with Gasteiger partial charge in [-0.15, -0.1) is 0 Å². The van der Waals surface area contributed by atoms with Crippen molar-refractivity contribution < 1.29 is 0 Å². The molecule has 1 nitrogen and oxygen atoms in total. The third-order valence-electron chi connectivity index (χ3n) is 1.42. The highest BCUT2D eigenvalue weighted by Gasteiger charge is 1.83. The molecule has 0 saturated carbocycles. The molecule has 1 heterocycles. The summed E-state index contributed by atoms with van der Waals surface area (Å²) in [5, 5.41) is 0. The zero-order chi connectivity index (χ0) is 8.81. The number of nitrogens with zero attached hydrogens (tertiary/aromatic N) is 1. The molecule has 1 aromatic rings. The highest BCUT2D eigenvalue weighted by molar-refractivity contribution is 5.50. The minimum atomic E-state index is 0.889. The summed E-state index contributed by atoms with van der Waals surface area (Å²) >= 11 is 0. The number of allylic oxidation sites excluding steroid dienone is 3. The van der Waals surface area contributed by atoms with Crippen molar-refractivity contribution in [1.29, 1.82) is 0 Å². The van der Waals surface area contributed by atoms with Gasteiger partial charge < -0.3 is 0 Å². The Labute approximate surface area is 72.8 Å². The van der Waals surface area contributed by atoms with Gasteiger partial charge in [0.25, 0.3) is 0 Å². The average Bonchev–Trinajstić information content (AvgIpc) is 2.16. The molecule has 1 aromatic heterocycles. The summed E-state index contributed by atoms with van der Waals surface area (Å²) in [5.41, 5.74) is 1.82. The van der Waals surface area contributed by atoms with Crippen LogP contribution in [0.1, 0.15) is 5.69 Å². The molecule has 60 valence electrons. The van der Waals surface area contributed by atoms with Gasteiger partial charge in [-0.25, -0.2) is 0 Å². The summed E-state index contributed by atoms with van der Waals surface area (Å²) < 4.78 is 0. The SMILES string of the molecule is C=CC(=C)/C=C/c1ccccn1. The van der Waals surface area contributed by atoms with Crippen molar-refractivity contribution in [1.82, 2.24) is 4.98 Å². The Hall–Kier alpha value is -1.63. The van der Waals surface area contributed by atoms with Gasteiger partial charge in [0, 0.05) is 6.20 Å². The number of rotatable bonds is 3. The third kappa shape index (κ3) is 2.54. The molecule has 1 rings (SSSR count). The van der Waals surface area contributed by atoms with E-state index in [1.807, 2.05) is 30.4 Å². The molecule has 0 amide bonds. The van der Waals surface area contributed by atoms with Crippen LogP contribution < -0.4 is 0 Å². The summed E-state index contributed by atoms with van der Waals surface area (Å²) in [6.45, 7) is 7.36. The largest absolute Gasteiger partial charge is 0.257 e. The van der Waals surface area contributed by atoms with Crippen molar-refractivity contribution >= 4 is 6.08 Å². The summed E-state index contributed by atoms with van der Waals surface area (Å²) in [6.07, 6.45) is 7.26. The Bertz CT molecular complexity index is 296. The quantitative estimate of drug-likeness (QED) is 0.615. The highest BCUT2D eigenvalue weighted by Crippen LogP contribution is 2.00. The van der Waals surface area contributed by atoms with Gasteiger partial charge in [0.05, 0.1) is 5.69 Å².